The van der Waals surface area contributed by atoms with Crippen molar-refractivity contribution in [2.24, 2.45) is 5.92 Å². The summed E-state index contributed by atoms with van der Waals surface area (Å²) in [5.41, 5.74) is -2.24. The minimum absolute atomic E-state index is 0.0734. The lowest BCUT2D eigenvalue weighted by Gasteiger charge is -2.28. The summed E-state index contributed by atoms with van der Waals surface area (Å²) in [6.07, 6.45) is 4.90. The predicted molar refractivity (Wildman–Crippen MR) is 169 cm³/mol. The summed E-state index contributed by atoms with van der Waals surface area (Å²) < 4.78 is 36.4. The lowest BCUT2D eigenvalue weighted by atomic mass is 9.93. The van der Waals surface area contributed by atoms with Crippen LogP contribution in [-0.2, 0) is 4.79 Å². The first-order valence-electron chi connectivity index (χ1n) is 14.9. The van der Waals surface area contributed by atoms with E-state index in [0.29, 0.717) is 23.9 Å². The normalized spacial score (nSPS) is 13.9. The Balaban J connectivity index is 1.29. The molecule has 2 aromatic carbocycles. The van der Waals surface area contributed by atoms with Crippen LogP contribution in [-0.4, -0.2) is 51.0 Å². The van der Waals surface area contributed by atoms with Gasteiger partial charge < -0.3 is 20.3 Å². The number of amides is 2. The van der Waals surface area contributed by atoms with Gasteiger partial charge in [-0.05, 0) is 95.2 Å². The van der Waals surface area contributed by atoms with E-state index >= 15 is 4.39 Å². The summed E-state index contributed by atoms with van der Waals surface area (Å²) >= 11 is 0. The Hall–Kier alpha value is -5.17. The highest BCUT2D eigenvalue weighted by atomic mass is 19.1. The third-order valence-corrected chi connectivity index (χ3v) is 7.74. The number of benzene rings is 2. The zero-order chi connectivity index (χ0) is 33.0. The Bertz CT molecular complexity index is 1860. The van der Waals surface area contributed by atoms with Crippen LogP contribution in [0.1, 0.15) is 49.5 Å². The molecule has 2 N–H and O–H groups in total. The fourth-order valence-electron chi connectivity index (χ4n) is 5.17. The van der Waals surface area contributed by atoms with E-state index < -0.39 is 40.4 Å². The standard InChI is InChI=1S/C33H34F2N6O5/c1-20(2)40-19-26(32(44)41(33(40)45)23-6-4-22(34)5-7-23)31(43)37-28-9-8-24(17-27(28)35)46-25-10-13-36-29(18-25)38-30(42)16-21-11-14-39(3)15-12-21/h4-10,13,17-21H,11-12,14-16H2,1-3H3,(H,37,43)(H,36,38,42). The molecule has 0 aliphatic carbocycles. The molecule has 11 nitrogen and oxygen atoms in total. The fourth-order valence-corrected chi connectivity index (χ4v) is 5.17. The second-order valence-electron chi connectivity index (χ2n) is 11.5. The number of halogens is 2. The smallest absolute Gasteiger partial charge is 0.335 e. The van der Waals surface area contributed by atoms with Gasteiger partial charge in [-0.15, -0.1) is 0 Å². The van der Waals surface area contributed by atoms with Gasteiger partial charge in [0.1, 0.15) is 34.5 Å². The van der Waals surface area contributed by atoms with Gasteiger partial charge >= 0.3 is 5.69 Å². The molecule has 3 heterocycles. The quantitative estimate of drug-likeness (QED) is 0.267. The number of nitrogens with zero attached hydrogens (tertiary/aromatic N) is 4. The highest BCUT2D eigenvalue weighted by Crippen LogP contribution is 2.27. The molecule has 0 bridgehead atoms. The minimum atomic E-state index is -0.947. The van der Waals surface area contributed by atoms with Gasteiger partial charge in [0.05, 0.1) is 11.4 Å². The Kier molecular flexibility index (Phi) is 9.71. The Labute approximate surface area is 263 Å². The van der Waals surface area contributed by atoms with Crippen molar-refractivity contribution < 1.29 is 23.1 Å². The Morgan fingerprint density at radius 2 is 1.67 bits per heavy atom. The largest absolute Gasteiger partial charge is 0.457 e. The van der Waals surface area contributed by atoms with E-state index in [-0.39, 0.29) is 23.0 Å². The fraction of sp³-hybridized carbons (Fsp3) is 0.303. The number of nitrogens with one attached hydrogen (secondary N) is 2. The van der Waals surface area contributed by atoms with Crippen LogP contribution in [0.25, 0.3) is 5.69 Å². The van der Waals surface area contributed by atoms with E-state index in [4.69, 9.17) is 4.74 Å². The molecule has 4 aromatic rings. The molecule has 2 aromatic heterocycles. The van der Waals surface area contributed by atoms with Crippen LogP contribution in [0, 0.1) is 17.6 Å². The van der Waals surface area contributed by atoms with Gasteiger partial charge in [0.25, 0.3) is 11.5 Å². The number of anilines is 2. The van der Waals surface area contributed by atoms with Crippen LogP contribution >= 0.6 is 0 Å². The molecule has 1 saturated heterocycles. The number of rotatable bonds is 9. The van der Waals surface area contributed by atoms with Crippen LogP contribution in [0.15, 0.2) is 76.6 Å². The third-order valence-electron chi connectivity index (χ3n) is 7.74. The zero-order valence-corrected chi connectivity index (χ0v) is 25.6. The summed E-state index contributed by atoms with van der Waals surface area (Å²) in [7, 11) is 2.06. The van der Waals surface area contributed by atoms with Crippen molar-refractivity contribution in [2.75, 3.05) is 30.8 Å². The van der Waals surface area contributed by atoms with Crippen molar-refractivity contribution in [3.63, 3.8) is 0 Å². The van der Waals surface area contributed by atoms with Crippen LogP contribution < -0.4 is 26.6 Å². The number of carbonyl (C=O) groups is 2. The second kappa shape index (κ2) is 13.9. The number of pyridine rings is 1. The lowest BCUT2D eigenvalue weighted by molar-refractivity contribution is -0.117. The van der Waals surface area contributed by atoms with E-state index in [2.05, 4.69) is 27.6 Å². The van der Waals surface area contributed by atoms with Crippen molar-refractivity contribution in [3.8, 4) is 17.2 Å². The van der Waals surface area contributed by atoms with E-state index in [1.807, 2.05) is 0 Å². The molecule has 240 valence electrons. The van der Waals surface area contributed by atoms with Gasteiger partial charge in [-0.3, -0.25) is 19.0 Å². The van der Waals surface area contributed by atoms with Crippen molar-refractivity contribution in [3.05, 3.63) is 105 Å². The molecule has 1 aliphatic heterocycles. The molecule has 0 unspecified atom stereocenters. The number of ether oxygens (including phenoxy) is 1. The van der Waals surface area contributed by atoms with E-state index in [0.717, 1.165) is 54.9 Å². The molecule has 0 saturated carbocycles. The van der Waals surface area contributed by atoms with E-state index in [1.165, 1.54) is 41.1 Å². The Morgan fingerprint density at radius 3 is 2.35 bits per heavy atom. The summed E-state index contributed by atoms with van der Waals surface area (Å²) in [4.78, 5) is 58.5. The first-order chi connectivity index (χ1) is 22.0. The predicted octanol–water partition coefficient (Wildman–Crippen LogP) is 4.97. The highest BCUT2D eigenvalue weighted by molar-refractivity contribution is 6.04. The maximum absolute atomic E-state index is 15.1. The van der Waals surface area contributed by atoms with Crippen LogP contribution in [0.5, 0.6) is 11.5 Å². The molecule has 0 spiro atoms. The number of carbonyl (C=O) groups excluding carboxylic acids is 2. The summed E-state index contributed by atoms with van der Waals surface area (Å²) in [6, 6.07) is 11.1. The molecule has 1 aliphatic rings. The second-order valence-corrected chi connectivity index (χ2v) is 11.5. The molecule has 13 heteroatoms. The van der Waals surface area contributed by atoms with Gasteiger partial charge in [-0.25, -0.2) is 23.1 Å². The SMILES string of the molecule is CC(C)n1cc(C(=O)Nc2ccc(Oc3ccnc(NC(=O)CC4CCN(C)CC4)c3)cc2F)c(=O)n(-c2ccc(F)cc2)c1=O. The summed E-state index contributed by atoms with van der Waals surface area (Å²) in [5, 5.41) is 5.17. The average Bonchev–Trinajstić information content (AvgIpc) is 3.00. The van der Waals surface area contributed by atoms with E-state index in [1.54, 1.807) is 19.9 Å². The third kappa shape index (κ3) is 7.54. The molecular weight excluding hydrogens is 598 g/mol. The molecule has 0 radical (unpaired) electrons. The van der Waals surface area contributed by atoms with Crippen molar-refractivity contribution in [2.45, 2.75) is 39.2 Å². The minimum Gasteiger partial charge on any atom is -0.457 e. The highest BCUT2D eigenvalue weighted by Gasteiger charge is 2.22. The average molecular weight is 633 g/mol. The lowest BCUT2D eigenvalue weighted by Crippen LogP contribution is -2.42. The molecule has 0 atom stereocenters. The summed E-state index contributed by atoms with van der Waals surface area (Å²) in [5.74, 6) is -1.47. The van der Waals surface area contributed by atoms with Crippen LogP contribution in [0.2, 0.25) is 0 Å². The number of likely N-dealkylation sites (tertiary alicyclic amines) is 1. The maximum atomic E-state index is 15.1. The Morgan fingerprint density at radius 1 is 0.978 bits per heavy atom. The molecule has 46 heavy (non-hydrogen) atoms. The number of hydrogen-bond acceptors (Lipinski definition) is 7. The van der Waals surface area contributed by atoms with Crippen molar-refractivity contribution in [1.29, 1.82) is 0 Å². The monoisotopic (exact) mass is 632 g/mol. The molecule has 5 rings (SSSR count). The van der Waals surface area contributed by atoms with Crippen molar-refractivity contribution >= 4 is 23.3 Å². The first-order valence-corrected chi connectivity index (χ1v) is 14.9. The molecule has 2 amide bonds. The number of hydrogen-bond donors (Lipinski definition) is 2. The van der Waals surface area contributed by atoms with Crippen LogP contribution in [0.3, 0.4) is 0 Å². The van der Waals surface area contributed by atoms with Gasteiger partial charge in [0.2, 0.25) is 5.91 Å². The topological polar surface area (TPSA) is 128 Å². The molecule has 1 fully saturated rings. The van der Waals surface area contributed by atoms with Gasteiger partial charge in [0.15, 0.2) is 0 Å². The van der Waals surface area contributed by atoms with Gasteiger partial charge in [-0.2, -0.15) is 0 Å². The first kappa shape index (κ1) is 32.2. The van der Waals surface area contributed by atoms with Crippen LogP contribution in [0.4, 0.5) is 20.3 Å². The summed E-state index contributed by atoms with van der Waals surface area (Å²) in [6.45, 7) is 5.30. The van der Waals surface area contributed by atoms with Gasteiger partial charge in [0, 0.05) is 37.0 Å². The number of piperidine rings is 1. The van der Waals surface area contributed by atoms with Gasteiger partial charge in [-0.1, -0.05) is 0 Å². The number of aromatic nitrogens is 3. The maximum Gasteiger partial charge on any atom is 0.335 e. The van der Waals surface area contributed by atoms with Crippen molar-refractivity contribution in [1.82, 2.24) is 19.0 Å². The zero-order valence-electron chi connectivity index (χ0n) is 25.6. The molecular formula is C33H34F2N6O5. The van der Waals surface area contributed by atoms with E-state index in [9.17, 15) is 23.6 Å².